The quantitative estimate of drug-likeness (QED) is 0.243. The molecule has 0 unspecified atom stereocenters. The lowest BCUT2D eigenvalue weighted by Gasteiger charge is -2.12. The molecule has 0 aliphatic carbocycles. The van der Waals surface area contributed by atoms with Gasteiger partial charge < -0.3 is 14.8 Å². The predicted molar refractivity (Wildman–Crippen MR) is 142 cm³/mol. The molecule has 5 aromatic rings. The Bertz CT molecular complexity index is 1760. The fourth-order valence-corrected chi connectivity index (χ4v) is 4.28. The van der Waals surface area contributed by atoms with Crippen molar-refractivity contribution in [3.8, 4) is 23.0 Å². The SMILES string of the molecule is COc1cc(C(=O)Nc2cc(C)nn2-c2ncnc3c2cnn3-c2cccc(C)c2C)c([N+](=O)[O-])cc1OC. The molecule has 198 valence electrons. The van der Waals surface area contributed by atoms with Crippen LogP contribution in [0.4, 0.5) is 11.5 Å². The van der Waals surface area contributed by atoms with Gasteiger partial charge in [0.15, 0.2) is 23.0 Å². The van der Waals surface area contributed by atoms with Crippen molar-refractivity contribution in [2.45, 2.75) is 20.8 Å². The number of methoxy groups -OCH3 is 2. The van der Waals surface area contributed by atoms with E-state index in [1.807, 2.05) is 32.0 Å². The minimum atomic E-state index is -0.736. The lowest BCUT2D eigenvalue weighted by Crippen LogP contribution is -2.17. The van der Waals surface area contributed by atoms with Gasteiger partial charge in [0.25, 0.3) is 11.6 Å². The van der Waals surface area contributed by atoms with Crippen LogP contribution >= 0.6 is 0 Å². The molecule has 0 saturated carbocycles. The van der Waals surface area contributed by atoms with E-state index >= 15 is 0 Å². The van der Waals surface area contributed by atoms with E-state index in [1.165, 1.54) is 31.3 Å². The van der Waals surface area contributed by atoms with Crippen LogP contribution in [0.1, 0.15) is 27.2 Å². The van der Waals surface area contributed by atoms with Crippen molar-refractivity contribution in [1.82, 2.24) is 29.5 Å². The molecule has 0 atom stereocenters. The monoisotopic (exact) mass is 528 g/mol. The van der Waals surface area contributed by atoms with Gasteiger partial charge in [0.05, 0.1) is 48.2 Å². The number of nitrogens with zero attached hydrogens (tertiary/aromatic N) is 7. The highest BCUT2D eigenvalue weighted by atomic mass is 16.6. The smallest absolute Gasteiger partial charge is 0.286 e. The zero-order chi connectivity index (χ0) is 27.8. The van der Waals surface area contributed by atoms with Crippen LogP contribution in [-0.4, -0.2) is 54.6 Å². The van der Waals surface area contributed by atoms with Gasteiger partial charge in [0, 0.05) is 12.1 Å². The first-order chi connectivity index (χ1) is 18.7. The van der Waals surface area contributed by atoms with Gasteiger partial charge >= 0.3 is 0 Å². The number of fused-ring (bicyclic) bond motifs is 1. The van der Waals surface area contributed by atoms with Gasteiger partial charge in [-0.2, -0.15) is 14.9 Å². The molecular weight excluding hydrogens is 504 g/mol. The molecule has 1 N–H and O–H groups in total. The Kier molecular flexibility index (Phi) is 6.40. The van der Waals surface area contributed by atoms with Crippen LogP contribution in [0, 0.1) is 30.9 Å². The molecule has 39 heavy (non-hydrogen) atoms. The Balaban J connectivity index is 1.58. The number of nitro groups is 1. The number of amides is 1. The topological polar surface area (TPSA) is 152 Å². The number of nitro benzene ring substituents is 1. The highest BCUT2D eigenvalue weighted by Crippen LogP contribution is 2.35. The number of carbonyl (C=O) groups is 1. The molecule has 3 heterocycles. The zero-order valence-electron chi connectivity index (χ0n) is 21.8. The second-order valence-electron chi connectivity index (χ2n) is 8.73. The van der Waals surface area contributed by atoms with Crippen molar-refractivity contribution in [3.63, 3.8) is 0 Å². The van der Waals surface area contributed by atoms with Crippen molar-refractivity contribution < 1.29 is 19.2 Å². The Hall–Kier alpha value is -5.33. The molecule has 0 radical (unpaired) electrons. The number of ether oxygens (including phenoxy) is 2. The summed E-state index contributed by atoms with van der Waals surface area (Å²) < 4.78 is 13.6. The largest absolute Gasteiger partial charge is 0.493 e. The van der Waals surface area contributed by atoms with E-state index in [0.29, 0.717) is 22.5 Å². The maximum absolute atomic E-state index is 13.3. The number of nitrogens with one attached hydrogen (secondary N) is 1. The Morgan fingerprint density at radius 1 is 1.03 bits per heavy atom. The highest BCUT2D eigenvalue weighted by molar-refractivity contribution is 6.07. The van der Waals surface area contributed by atoms with E-state index in [9.17, 15) is 14.9 Å². The highest BCUT2D eigenvalue weighted by Gasteiger charge is 2.26. The Morgan fingerprint density at radius 3 is 2.49 bits per heavy atom. The third kappa shape index (κ3) is 4.39. The summed E-state index contributed by atoms with van der Waals surface area (Å²) in [7, 11) is 2.73. The van der Waals surface area contributed by atoms with Crippen LogP contribution in [0.5, 0.6) is 11.5 Å². The Morgan fingerprint density at radius 2 is 1.77 bits per heavy atom. The molecular formula is C26H24N8O5. The lowest BCUT2D eigenvalue weighted by atomic mass is 10.1. The van der Waals surface area contributed by atoms with Crippen LogP contribution < -0.4 is 14.8 Å². The normalized spacial score (nSPS) is 11.0. The van der Waals surface area contributed by atoms with Gasteiger partial charge in [-0.3, -0.25) is 14.9 Å². The number of aryl methyl sites for hydroxylation is 2. The summed E-state index contributed by atoms with van der Waals surface area (Å²) in [5, 5.41) is 24.1. The molecule has 5 rings (SSSR count). The summed E-state index contributed by atoms with van der Waals surface area (Å²) in [5.41, 5.74) is 3.53. The van der Waals surface area contributed by atoms with E-state index in [2.05, 4.69) is 25.5 Å². The fourth-order valence-electron chi connectivity index (χ4n) is 4.28. The second-order valence-corrected chi connectivity index (χ2v) is 8.73. The number of rotatable bonds is 7. The lowest BCUT2D eigenvalue weighted by molar-refractivity contribution is -0.385. The van der Waals surface area contributed by atoms with Crippen LogP contribution in [-0.2, 0) is 0 Å². The summed E-state index contributed by atoms with van der Waals surface area (Å²) in [6.45, 7) is 5.79. The van der Waals surface area contributed by atoms with E-state index in [0.717, 1.165) is 22.9 Å². The summed E-state index contributed by atoms with van der Waals surface area (Å²) >= 11 is 0. The molecule has 13 heteroatoms. The number of hydrogen-bond donors (Lipinski definition) is 1. The molecule has 0 aliphatic rings. The summed E-state index contributed by atoms with van der Waals surface area (Å²) in [6.07, 6.45) is 3.02. The van der Waals surface area contributed by atoms with E-state index in [4.69, 9.17) is 9.47 Å². The molecule has 13 nitrogen and oxygen atoms in total. The fraction of sp³-hybridized carbons (Fsp3) is 0.192. The first-order valence-electron chi connectivity index (χ1n) is 11.8. The standard InChI is InChI=1S/C26H24N8O5/c1-14-7-6-8-19(16(14)3)32-24-18(12-29-32)25(28-13-27-24)33-23(9-15(2)31-33)30-26(35)17-10-21(38-4)22(39-5)11-20(17)34(36)37/h6-13H,1-5H3,(H,30,35). The molecule has 0 aliphatic heterocycles. The number of carbonyl (C=O) groups excluding carboxylic acids is 1. The van der Waals surface area contributed by atoms with Crippen molar-refractivity contribution in [1.29, 1.82) is 0 Å². The van der Waals surface area contributed by atoms with Crippen LogP contribution in [0.15, 0.2) is 48.9 Å². The molecule has 0 bridgehead atoms. The minimum Gasteiger partial charge on any atom is -0.493 e. The van der Waals surface area contributed by atoms with Gasteiger partial charge in [-0.25, -0.2) is 14.6 Å². The third-order valence-corrected chi connectivity index (χ3v) is 6.37. The van der Waals surface area contributed by atoms with Gasteiger partial charge in [-0.15, -0.1) is 0 Å². The van der Waals surface area contributed by atoms with E-state index in [1.54, 1.807) is 23.9 Å². The van der Waals surface area contributed by atoms with Gasteiger partial charge in [-0.05, 0) is 38.0 Å². The van der Waals surface area contributed by atoms with Crippen LogP contribution in [0.25, 0.3) is 22.5 Å². The average Bonchev–Trinajstić information content (AvgIpc) is 3.52. The molecule has 0 saturated heterocycles. The number of aromatic nitrogens is 6. The maximum atomic E-state index is 13.3. The minimum absolute atomic E-state index is 0.130. The van der Waals surface area contributed by atoms with E-state index in [-0.39, 0.29) is 22.9 Å². The number of anilines is 1. The van der Waals surface area contributed by atoms with Crippen LogP contribution in [0.3, 0.4) is 0 Å². The molecule has 1 amide bonds. The summed E-state index contributed by atoms with van der Waals surface area (Å²) in [6, 6.07) is 9.97. The molecule has 3 aromatic heterocycles. The van der Waals surface area contributed by atoms with E-state index < -0.39 is 16.5 Å². The second kappa shape index (κ2) is 9.85. The number of hydrogen-bond acceptors (Lipinski definition) is 9. The average molecular weight is 529 g/mol. The summed E-state index contributed by atoms with van der Waals surface area (Å²) in [4.78, 5) is 33.3. The van der Waals surface area contributed by atoms with Gasteiger partial charge in [-0.1, -0.05) is 12.1 Å². The van der Waals surface area contributed by atoms with Crippen molar-refractivity contribution in [2.24, 2.45) is 0 Å². The summed E-state index contributed by atoms with van der Waals surface area (Å²) in [5.74, 6) is 0.197. The third-order valence-electron chi connectivity index (χ3n) is 6.37. The van der Waals surface area contributed by atoms with Crippen molar-refractivity contribution in [2.75, 3.05) is 19.5 Å². The predicted octanol–water partition coefficient (Wildman–Crippen LogP) is 4.10. The van der Waals surface area contributed by atoms with Crippen molar-refractivity contribution in [3.05, 3.63) is 81.4 Å². The first kappa shape index (κ1) is 25.3. The molecule has 0 spiro atoms. The van der Waals surface area contributed by atoms with Crippen LogP contribution in [0.2, 0.25) is 0 Å². The number of benzene rings is 2. The zero-order valence-corrected chi connectivity index (χ0v) is 21.8. The Labute approximate surface area is 222 Å². The molecule has 2 aromatic carbocycles. The van der Waals surface area contributed by atoms with Gasteiger partial charge in [0.1, 0.15) is 17.7 Å². The molecule has 0 fully saturated rings. The van der Waals surface area contributed by atoms with Gasteiger partial charge in [0.2, 0.25) is 0 Å². The first-order valence-corrected chi connectivity index (χ1v) is 11.8. The maximum Gasteiger partial charge on any atom is 0.286 e. The van der Waals surface area contributed by atoms with Crippen molar-refractivity contribution >= 4 is 28.4 Å².